The standard InChI is InChI=1S/C17H22BrN5O/c1-22(2)16-5-6-19-17(21-16)20-12-13-3-4-14(18)11-15(13)23-7-9-24-10-8-23/h3-6,11H,7-10,12H2,1-2H3,(H,19,20,21). The number of nitrogens with one attached hydrogen (secondary N) is 1. The van der Waals surface area contributed by atoms with Crippen LogP contribution in [0.15, 0.2) is 34.9 Å². The molecule has 0 amide bonds. The fourth-order valence-corrected chi connectivity index (χ4v) is 2.99. The van der Waals surface area contributed by atoms with E-state index < -0.39 is 0 Å². The van der Waals surface area contributed by atoms with Gasteiger partial charge in [0.1, 0.15) is 5.82 Å². The molecule has 0 radical (unpaired) electrons. The van der Waals surface area contributed by atoms with Gasteiger partial charge in [-0.15, -0.1) is 0 Å². The SMILES string of the molecule is CN(C)c1ccnc(NCc2ccc(Br)cc2N2CCOCC2)n1. The maximum absolute atomic E-state index is 5.46. The van der Waals surface area contributed by atoms with Crippen molar-refractivity contribution in [2.75, 3.05) is 55.5 Å². The van der Waals surface area contributed by atoms with Gasteiger partial charge in [0.15, 0.2) is 0 Å². The van der Waals surface area contributed by atoms with Crippen molar-refractivity contribution in [1.29, 1.82) is 0 Å². The number of hydrogen-bond donors (Lipinski definition) is 1. The van der Waals surface area contributed by atoms with Gasteiger partial charge in [0.05, 0.1) is 13.2 Å². The maximum Gasteiger partial charge on any atom is 0.224 e. The molecule has 0 spiro atoms. The van der Waals surface area contributed by atoms with Crippen LogP contribution in [0.3, 0.4) is 0 Å². The highest BCUT2D eigenvalue weighted by molar-refractivity contribution is 9.10. The second-order valence-electron chi connectivity index (χ2n) is 5.86. The van der Waals surface area contributed by atoms with Crippen molar-refractivity contribution < 1.29 is 4.74 Å². The van der Waals surface area contributed by atoms with E-state index in [1.807, 2.05) is 25.1 Å². The zero-order valence-electron chi connectivity index (χ0n) is 14.0. The van der Waals surface area contributed by atoms with Crippen LogP contribution in [0.2, 0.25) is 0 Å². The Morgan fingerprint density at radius 3 is 2.79 bits per heavy atom. The number of halogens is 1. The van der Waals surface area contributed by atoms with E-state index in [0.29, 0.717) is 12.5 Å². The van der Waals surface area contributed by atoms with Crippen LogP contribution >= 0.6 is 15.9 Å². The Hall–Kier alpha value is -1.86. The van der Waals surface area contributed by atoms with Crippen molar-refractivity contribution in [2.45, 2.75) is 6.54 Å². The summed E-state index contributed by atoms with van der Waals surface area (Å²) in [5.41, 5.74) is 2.45. The molecule has 128 valence electrons. The lowest BCUT2D eigenvalue weighted by Crippen LogP contribution is -2.37. The number of anilines is 3. The molecule has 1 aromatic heterocycles. The highest BCUT2D eigenvalue weighted by atomic mass is 79.9. The van der Waals surface area contributed by atoms with Gasteiger partial charge in [-0.3, -0.25) is 0 Å². The number of ether oxygens (including phenoxy) is 1. The number of morpholine rings is 1. The van der Waals surface area contributed by atoms with Gasteiger partial charge in [-0.05, 0) is 23.8 Å². The quantitative estimate of drug-likeness (QED) is 0.845. The maximum atomic E-state index is 5.46. The molecule has 0 saturated carbocycles. The number of nitrogens with zero attached hydrogens (tertiary/aromatic N) is 4. The monoisotopic (exact) mass is 391 g/mol. The third kappa shape index (κ3) is 4.15. The smallest absolute Gasteiger partial charge is 0.224 e. The highest BCUT2D eigenvalue weighted by Crippen LogP contribution is 2.26. The Morgan fingerprint density at radius 1 is 1.25 bits per heavy atom. The van der Waals surface area contributed by atoms with E-state index in [4.69, 9.17) is 4.74 Å². The van der Waals surface area contributed by atoms with Crippen LogP contribution in [0.5, 0.6) is 0 Å². The minimum Gasteiger partial charge on any atom is -0.378 e. The largest absolute Gasteiger partial charge is 0.378 e. The summed E-state index contributed by atoms with van der Waals surface area (Å²) in [6.07, 6.45) is 1.77. The van der Waals surface area contributed by atoms with Gasteiger partial charge in [-0.1, -0.05) is 22.0 Å². The molecule has 1 aliphatic heterocycles. The Morgan fingerprint density at radius 2 is 2.04 bits per heavy atom. The van der Waals surface area contributed by atoms with Crippen molar-refractivity contribution in [3.8, 4) is 0 Å². The molecule has 1 N–H and O–H groups in total. The van der Waals surface area contributed by atoms with Gasteiger partial charge < -0.3 is 19.9 Å². The molecule has 6 nitrogen and oxygen atoms in total. The van der Waals surface area contributed by atoms with E-state index in [2.05, 4.69) is 54.3 Å². The van der Waals surface area contributed by atoms with Crippen LogP contribution in [0.1, 0.15) is 5.56 Å². The minimum atomic E-state index is 0.636. The molecule has 1 aliphatic rings. The summed E-state index contributed by atoms with van der Waals surface area (Å²) in [7, 11) is 3.94. The van der Waals surface area contributed by atoms with Crippen LogP contribution in [-0.4, -0.2) is 50.4 Å². The second kappa shape index (κ2) is 7.81. The van der Waals surface area contributed by atoms with E-state index in [0.717, 1.165) is 36.6 Å². The van der Waals surface area contributed by atoms with Gasteiger partial charge in [0.25, 0.3) is 0 Å². The number of aromatic nitrogens is 2. The summed E-state index contributed by atoms with van der Waals surface area (Å²) < 4.78 is 6.54. The van der Waals surface area contributed by atoms with Gasteiger partial charge in [-0.2, -0.15) is 4.98 Å². The minimum absolute atomic E-state index is 0.636. The predicted molar refractivity (Wildman–Crippen MR) is 101 cm³/mol. The van der Waals surface area contributed by atoms with Crippen molar-refractivity contribution >= 4 is 33.4 Å². The van der Waals surface area contributed by atoms with Crippen molar-refractivity contribution in [3.05, 3.63) is 40.5 Å². The molecule has 1 aromatic carbocycles. The van der Waals surface area contributed by atoms with E-state index in [-0.39, 0.29) is 0 Å². The Kier molecular flexibility index (Phi) is 5.52. The van der Waals surface area contributed by atoms with E-state index >= 15 is 0 Å². The van der Waals surface area contributed by atoms with Crippen LogP contribution < -0.4 is 15.1 Å². The third-order valence-electron chi connectivity index (χ3n) is 3.94. The molecule has 0 bridgehead atoms. The zero-order chi connectivity index (χ0) is 16.9. The predicted octanol–water partition coefficient (Wildman–Crippen LogP) is 2.75. The molecule has 0 unspecified atom stereocenters. The Balaban J connectivity index is 1.76. The average molecular weight is 392 g/mol. The molecule has 2 heterocycles. The number of rotatable bonds is 5. The van der Waals surface area contributed by atoms with Gasteiger partial charge in [0.2, 0.25) is 5.95 Å². The number of benzene rings is 1. The molecule has 2 aromatic rings. The van der Waals surface area contributed by atoms with Crippen molar-refractivity contribution in [3.63, 3.8) is 0 Å². The lowest BCUT2D eigenvalue weighted by atomic mass is 10.1. The second-order valence-corrected chi connectivity index (χ2v) is 6.77. The average Bonchev–Trinajstić information content (AvgIpc) is 2.61. The summed E-state index contributed by atoms with van der Waals surface area (Å²) in [6.45, 7) is 4.05. The molecule has 1 fully saturated rings. The van der Waals surface area contributed by atoms with Crippen LogP contribution in [-0.2, 0) is 11.3 Å². The first-order chi connectivity index (χ1) is 11.6. The van der Waals surface area contributed by atoms with Crippen LogP contribution in [0.4, 0.5) is 17.5 Å². The first-order valence-corrected chi connectivity index (χ1v) is 8.78. The molecular formula is C17H22BrN5O. The van der Waals surface area contributed by atoms with E-state index in [9.17, 15) is 0 Å². The van der Waals surface area contributed by atoms with Crippen LogP contribution in [0, 0.1) is 0 Å². The van der Waals surface area contributed by atoms with Gasteiger partial charge in [0, 0.05) is 50.1 Å². The Labute approximate surface area is 151 Å². The molecule has 1 saturated heterocycles. The first kappa shape index (κ1) is 17.0. The fraction of sp³-hybridized carbons (Fsp3) is 0.412. The number of hydrogen-bond acceptors (Lipinski definition) is 6. The summed E-state index contributed by atoms with van der Waals surface area (Å²) in [6, 6.07) is 8.26. The summed E-state index contributed by atoms with van der Waals surface area (Å²) in [5, 5.41) is 3.33. The molecular weight excluding hydrogens is 370 g/mol. The fourth-order valence-electron chi connectivity index (χ4n) is 2.64. The van der Waals surface area contributed by atoms with E-state index in [1.165, 1.54) is 11.3 Å². The first-order valence-electron chi connectivity index (χ1n) is 7.99. The van der Waals surface area contributed by atoms with E-state index in [1.54, 1.807) is 6.20 Å². The zero-order valence-corrected chi connectivity index (χ0v) is 15.6. The molecule has 0 aliphatic carbocycles. The molecule has 7 heteroatoms. The summed E-state index contributed by atoms with van der Waals surface area (Å²) in [5.74, 6) is 1.52. The van der Waals surface area contributed by atoms with Gasteiger partial charge >= 0.3 is 0 Å². The molecule has 0 atom stereocenters. The third-order valence-corrected chi connectivity index (χ3v) is 4.43. The summed E-state index contributed by atoms with van der Waals surface area (Å²) >= 11 is 3.58. The van der Waals surface area contributed by atoms with Gasteiger partial charge in [-0.25, -0.2) is 4.98 Å². The Bertz CT molecular complexity index is 688. The molecule has 3 rings (SSSR count). The molecule has 24 heavy (non-hydrogen) atoms. The van der Waals surface area contributed by atoms with Crippen molar-refractivity contribution in [2.24, 2.45) is 0 Å². The lowest BCUT2D eigenvalue weighted by Gasteiger charge is -2.31. The highest BCUT2D eigenvalue weighted by Gasteiger charge is 2.15. The normalized spacial score (nSPS) is 14.5. The van der Waals surface area contributed by atoms with Crippen LogP contribution in [0.25, 0.3) is 0 Å². The lowest BCUT2D eigenvalue weighted by molar-refractivity contribution is 0.122. The summed E-state index contributed by atoms with van der Waals surface area (Å²) in [4.78, 5) is 13.1. The topological polar surface area (TPSA) is 53.5 Å². The van der Waals surface area contributed by atoms with Crippen molar-refractivity contribution in [1.82, 2.24) is 9.97 Å².